The average molecular weight is 368 g/mol. The molecule has 0 fully saturated rings. The van der Waals surface area contributed by atoms with Crippen molar-refractivity contribution in [2.45, 2.75) is 46.1 Å². The fourth-order valence-corrected chi connectivity index (χ4v) is 3.18. The Kier molecular flexibility index (Phi) is 5.52. The molecule has 0 bridgehead atoms. The Labute approximate surface area is 158 Å². The second-order valence-electron chi connectivity index (χ2n) is 7.15. The Hall–Kier alpha value is -2.47. The number of aliphatic imine (C=N–C) groups is 1. The van der Waals surface area contributed by atoms with Crippen LogP contribution in [0.4, 0.5) is 10.8 Å². The molecular weight excluding hydrogens is 342 g/mol. The summed E-state index contributed by atoms with van der Waals surface area (Å²) in [5, 5.41) is 10.6. The van der Waals surface area contributed by atoms with Crippen LogP contribution >= 0.6 is 11.3 Å². The third-order valence-electron chi connectivity index (χ3n) is 3.63. The molecule has 0 aliphatic rings. The van der Waals surface area contributed by atoms with Gasteiger partial charge in [-0.1, -0.05) is 31.5 Å². The number of anilines is 2. The molecule has 0 aliphatic carbocycles. The van der Waals surface area contributed by atoms with E-state index in [-0.39, 0.29) is 5.54 Å². The van der Waals surface area contributed by atoms with Crippen molar-refractivity contribution in [3.63, 3.8) is 0 Å². The van der Waals surface area contributed by atoms with Gasteiger partial charge in [-0.2, -0.15) is 0 Å². The number of fused-ring (bicyclic) bond motifs is 1. The molecule has 3 rings (SSSR count). The van der Waals surface area contributed by atoms with E-state index in [1.807, 2.05) is 17.5 Å². The summed E-state index contributed by atoms with van der Waals surface area (Å²) in [6.45, 7) is 8.39. The number of hydrogen-bond acceptors (Lipinski definition) is 4. The molecule has 3 aromatic rings. The highest BCUT2D eigenvalue weighted by Gasteiger charge is 2.13. The summed E-state index contributed by atoms with van der Waals surface area (Å²) in [6, 6.07) is 10.3. The largest absolute Gasteiger partial charge is 0.325 e. The Balaban J connectivity index is 2.01. The van der Waals surface area contributed by atoms with Gasteiger partial charge >= 0.3 is 0 Å². The maximum atomic E-state index is 4.80. The quantitative estimate of drug-likeness (QED) is 0.484. The normalized spacial score (nSPS) is 12.4. The molecule has 2 aromatic heterocycles. The molecule has 0 saturated carbocycles. The van der Waals surface area contributed by atoms with Gasteiger partial charge in [-0.05, 0) is 39.3 Å². The second kappa shape index (κ2) is 7.83. The number of guanidine groups is 1. The standard InChI is InChI=1S/C20H25N5S/c1-5-8-14-13-17(15-9-6-7-10-16(15)22-14)23-18(25-20(2,3)4)24-19-21-11-12-26-19/h6-7,9-13H,5,8H2,1-4H3,(H2,21,22,23,24,25). The predicted octanol–water partition coefficient (Wildman–Crippen LogP) is 5.32. The van der Waals surface area contributed by atoms with Crippen LogP contribution in [0.3, 0.4) is 0 Å². The number of nitrogens with zero attached hydrogens (tertiary/aromatic N) is 3. The molecule has 0 spiro atoms. The highest BCUT2D eigenvalue weighted by Crippen LogP contribution is 2.24. The minimum Gasteiger partial charge on any atom is -0.325 e. The molecule has 2 heterocycles. The smallest absolute Gasteiger partial charge is 0.202 e. The van der Waals surface area contributed by atoms with E-state index in [2.05, 4.69) is 61.5 Å². The van der Waals surface area contributed by atoms with Crippen molar-refractivity contribution in [3.8, 4) is 0 Å². The minimum absolute atomic E-state index is 0.221. The van der Waals surface area contributed by atoms with Gasteiger partial charge in [-0.3, -0.25) is 4.98 Å². The highest BCUT2D eigenvalue weighted by atomic mass is 32.1. The van der Waals surface area contributed by atoms with Crippen molar-refractivity contribution in [2.24, 2.45) is 4.99 Å². The van der Waals surface area contributed by atoms with E-state index >= 15 is 0 Å². The number of para-hydroxylation sites is 1. The van der Waals surface area contributed by atoms with Crippen LogP contribution in [0.2, 0.25) is 0 Å². The summed E-state index contributed by atoms with van der Waals surface area (Å²) < 4.78 is 0. The Morgan fingerprint density at radius 3 is 2.69 bits per heavy atom. The molecule has 136 valence electrons. The molecule has 0 amide bonds. The van der Waals surface area contributed by atoms with Crippen LogP contribution in [0.5, 0.6) is 0 Å². The zero-order valence-corrected chi connectivity index (χ0v) is 16.5. The number of rotatable bonds is 4. The maximum Gasteiger partial charge on any atom is 0.202 e. The number of aryl methyl sites for hydroxylation is 1. The van der Waals surface area contributed by atoms with Crippen LogP contribution in [-0.4, -0.2) is 21.5 Å². The molecule has 6 heteroatoms. The summed E-state index contributed by atoms with van der Waals surface area (Å²) in [5.74, 6) is 0.686. The number of nitrogens with one attached hydrogen (secondary N) is 2. The number of thiazole rings is 1. The molecule has 0 radical (unpaired) electrons. The van der Waals surface area contributed by atoms with Crippen molar-refractivity contribution in [2.75, 3.05) is 10.6 Å². The van der Waals surface area contributed by atoms with Crippen molar-refractivity contribution in [3.05, 3.63) is 47.6 Å². The maximum absolute atomic E-state index is 4.80. The van der Waals surface area contributed by atoms with Gasteiger partial charge < -0.3 is 10.6 Å². The fourth-order valence-electron chi connectivity index (χ4n) is 2.65. The second-order valence-corrected chi connectivity index (χ2v) is 8.04. The lowest BCUT2D eigenvalue weighted by Crippen LogP contribution is -2.27. The summed E-state index contributed by atoms with van der Waals surface area (Å²) >= 11 is 1.55. The SMILES string of the molecule is CCCc1cc(NC(=NC(C)(C)C)Nc2nccs2)c2ccccc2n1. The van der Waals surface area contributed by atoms with Crippen molar-refractivity contribution < 1.29 is 0 Å². The number of aromatic nitrogens is 2. The average Bonchev–Trinajstić information content (AvgIpc) is 3.06. The lowest BCUT2D eigenvalue weighted by atomic mass is 10.1. The van der Waals surface area contributed by atoms with Crippen LogP contribution in [-0.2, 0) is 6.42 Å². The van der Waals surface area contributed by atoms with Crippen LogP contribution in [0.1, 0.15) is 39.8 Å². The number of pyridine rings is 1. The van der Waals surface area contributed by atoms with E-state index < -0.39 is 0 Å². The van der Waals surface area contributed by atoms with Gasteiger partial charge in [0.05, 0.1) is 16.7 Å². The fraction of sp³-hybridized carbons (Fsp3) is 0.350. The van der Waals surface area contributed by atoms with Gasteiger partial charge in [0.25, 0.3) is 0 Å². The van der Waals surface area contributed by atoms with Crippen LogP contribution in [0, 0.1) is 0 Å². The summed E-state index contributed by atoms with van der Waals surface area (Å²) in [7, 11) is 0. The minimum atomic E-state index is -0.221. The lowest BCUT2D eigenvalue weighted by molar-refractivity contribution is 0.583. The Bertz CT molecular complexity index is 894. The van der Waals surface area contributed by atoms with Crippen molar-refractivity contribution >= 4 is 39.0 Å². The molecule has 5 nitrogen and oxygen atoms in total. The van der Waals surface area contributed by atoms with Crippen molar-refractivity contribution in [1.29, 1.82) is 0 Å². The van der Waals surface area contributed by atoms with Gasteiger partial charge in [0.2, 0.25) is 5.96 Å². The molecule has 0 saturated heterocycles. The van der Waals surface area contributed by atoms with Gasteiger partial charge in [-0.15, -0.1) is 11.3 Å². The monoisotopic (exact) mass is 367 g/mol. The van der Waals surface area contributed by atoms with E-state index in [1.165, 1.54) is 0 Å². The third-order valence-corrected chi connectivity index (χ3v) is 4.32. The van der Waals surface area contributed by atoms with Crippen LogP contribution in [0.15, 0.2) is 46.9 Å². The highest BCUT2D eigenvalue weighted by molar-refractivity contribution is 7.13. The lowest BCUT2D eigenvalue weighted by Gasteiger charge is -2.19. The number of hydrogen-bond donors (Lipinski definition) is 2. The van der Waals surface area contributed by atoms with Crippen LogP contribution in [0.25, 0.3) is 10.9 Å². The zero-order chi connectivity index (χ0) is 18.6. The topological polar surface area (TPSA) is 62.2 Å². The van der Waals surface area contributed by atoms with E-state index in [9.17, 15) is 0 Å². The van der Waals surface area contributed by atoms with E-state index in [4.69, 9.17) is 9.98 Å². The summed E-state index contributed by atoms with van der Waals surface area (Å²) in [6.07, 6.45) is 3.79. The first-order valence-corrected chi connectivity index (χ1v) is 9.74. The first kappa shape index (κ1) is 18.3. The first-order chi connectivity index (χ1) is 12.4. The van der Waals surface area contributed by atoms with Gasteiger partial charge in [0, 0.05) is 22.7 Å². The van der Waals surface area contributed by atoms with E-state index in [1.54, 1.807) is 17.5 Å². The van der Waals surface area contributed by atoms with Gasteiger partial charge in [0.15, 0.2) is 5.13 Å². The van der Waals surface area contributed by atoms with Gasteiger partial charge in [-0.25, -0.2) is 9.98 Å². The molecule has 2 N–H and O–H groups in total. The molecular formula is C20H25N5S. The molecule has 26 heavy (non-hydrogen) atoms. The van der Waals surface area contributed by atoms with Crippen LogP contribution < -0.4 is 10.6 Å². The van der Waals surface area contributed by atoms with E-state index in [0.717, 1.165) is 40.3 Å². The Morgan fingerprint density at radius 2 is 2.00 bits per heavy atom. The summed E-state index contributed by atoms with van der Waals surface area (Å²) in [5.41, 5.74) is 2.86. The third kappa shape index (κ3) is 4.79. The molecule has 0 unspecified atom stereocenters. The first-order valence-electron chi connectivity index (χ1n) is 8.86. The van der Waals surface area contributed by atoms with E-state index in [0.29, 0.717) is 5.96 Å². The predicted molar refractivity (Wildman–Crippen MR) is 112 cm³/mol. The zero-order valence-electron chi connectivity index (χ0n) is 15.7. The number of benzene rings is 1. The Morgan fingerprint density at radius 1 is 1.19 bits per heavy atom. The molecule has 0 atom stereocenters. The van der Waals surface area contributed by atoms with Crippen molar-refractivity contribution in [1.82, 2.24) is 9.97 Å². The van der Waals surface area contributed by atoms with Gasteiger partial charge in [0.1, 0.15) is 0 Å². The molecule has 0 aliphatic heterocycles. The summed E-state index contributed by atoms with van der Waals surface area (Å²) in [4.78, 5) is 13.9. The molecule has 1 aromatic carbocycles.